The van der Waals surface area contributed by atoms with Crippen molar-refractivity contribution in [3.63, 3.8) is 0 Å². The smallest absolute Gasteiger partial charge is 0.305 e. The fourth-order valence-corrected chi connectivity index (χ4v) is 2.06. The third kappa shape index (κ3) is 5.79. The summed E-state index contributed by atoms with van der Waals surface area (Å²) in [6, 6.07) is 0. The molecule has 0 spiro atoms. The molecule has 1 aromatic rings. The molecule has 1 heterocycles. The number of hydrogen-bond donors (Lipinski definition) is 3. The van der Waals surface area contributed by atoms with Gasteiger partial charge < -0.3 is 15.7 Å². The van der Waals surface area contributed by atoms with Gasteiger partial charge in [0, 0.05) is 18.3 Å². The summed E-state index contributed by atoms with van der Waals surface area (Å²) in [7, 11) is 0. The quantitative estimate of drug-likeness (QED) is 0.704. The third-order valence-corrected chi connectivity index (χ3v) is 2.96. The molecule has 0 aliphatic heterocycles. The van der Waals surface area contributed by atoms with Gasteiger partial charge in [0.05, 0.1) is 6.42 Å². The first-order valence-corrected chi connectivity index (χ1v) is 7.01. The van der Waals surface area contributed by atoms with Crippen molar-refractivity contribution in [2.24, 2.45) is 5.92 Å². The van der Waals surface area contributed by atoms with E-state index in [2.05, 4.69) is 15.6 Å². The molecule has 7 nitrogen and oxygen atoms in total. The van der Waals surface area contributed by atoms with Crippen molar-refractivity contribution in [2.75, 3.05) is 11.9 Å². The molecule has 20 heavy (non-hydrogen) atoms. The largest absolute Gasteiger partial charge is 0.481 e. The number of carbonyl (C=O) groups excluding carboxylic acids is 2. The molecule has 2 amide bonds. The summed E-state index contributed by atoms with van der Waals surface area (Å²) in [5.41, 5.74) is 0.167. The Morgan fingerprint density at radius 2 is 2.10 bits per heavy atom. The van der Waals surface area contributed by atoms with E-state index in [0.717, 1.165) is 11.3 Å². The van der Waals surface area contributed by atoms with E-state index in [1.807, 2.05) is 13.8 Å². The number of rotatable bonds is 7. The van der Waals surface area contributed by atoms with Crippen LogP contribution < -0.4 is 10.6 Å². The van der Waals surface area contributed by atoms with Gasteiger partial charge in [-0.3, -0.25) is 14.4 Å². The number of thiazole rings is 1. The predicted octanol–water partition coefficient (Wildman–Crippen LogP) is 1.33. The zero-order valence-corrected chi connectivity index (χ0v) is 12.1. The molecule has 0 radical (unpaired) electrons. The molecule has 110 valence electrons. The molecule has 3 N–H and O–H groups in total. The van der Waals surface area contributed by atoms with E-state index in [1.165, 1.54) is 5.38 Å². The lowest BCUT2D eigenvalue weighted by molar-refractivity contribution is -0.136. The van der Waals surface area contributed by atoms with Crippen LogP contribution in [0.3, 0.4) is 0 Å². The minimum atomic E-state index is -0.981. The lowest BCUT2D eigenvalue weighted by atomic mass is 10.1. The fourth-order valence-electron chi connectivity index (χ4n) is 1.35. The topological polar surface area (TPSA) is 108 Å². The van der Waals surface area contributed by atoms with Gasteiger partial charge in [0.1, 0.15) is 5.69 Å². The molecule has 0 aromatic carbocycles. The van der Waals surface area contributed by atoms with E-state index < -0.39 is 11.9 Å². The van der Waals surface area contributed by atoms with Crippen LogP contribution in [0.4, 0.5) is 5.13 Å². The number of nitrogens with one attached hydrogen (secondary N) is 2. The Bertz CT molecular complexity index is 499. The number of amides is 2. The Labute approximate surface area is 120 Å². The van der Waals surface area contributed by atoms with Gasteiger partial charge in [-0.1, -0.05) is 13.8 Å². The first-order valence-electron chi connectivity index (χ1n) is 6.14. The first kappa shape index (κ1) is 16.1. The summed E-state index contributed by atoms with van der Waals surface area (Å²) in [4.78, 5) is 37.5. The summed E-state index contributed by atoms with van der Waals surface area (Å²) in [5, 5.41) is 15.4. The number of carboxylic acids is 1. The molecule has 0 bridgehead atoms. The van der Waals surface area contributed by atoms with Crippen molar-refractivity contribution in [2.45, 2.75) is 26.7 Å². The summed E-state index contributed by atoms with van der Waals surface area (Å²) >= 11 is 1.15. The Morgan fingerprint density at radius 1 is 1.40 bits per heavy atom. The van der Waals surface area contributed by atoms with Gasteiger partial charge in [-0.15, -0.1) is 11.3 Å². The highest BCUT2D eigenvalue weighted by atomic mass is 32.1. The average molecular weight is 299 g/mol. The highest BCUT2D eigenvalue weighted by Gasteiger charge is 2.13. The van der Waals surface area contributed by atoms with Crippen molar-refractivity contribution < 1.29 is 19.5 Å². The molecule has 1 aromatic heterocycles. The van der Waals surface area contributed by atoms with E-state index in [4.69, 9.17) is 5.11 Å². The van der Waals surface area contributed by atoms with Gasteiger partial charge in [-0.2, -0.15) is 0 Å². The summed E-state index contributed by atoms with van der Waals surface area (Å²) in [6.45, 7) is 3.91. The van der Waals surface area contributed by atoms with Crippen molar-refractivity contribution in [3.05, 3.63) is 11.1 Å². The molecule has 0 saturated carbocycles. The van der Waals surface area contributed by atoms with E-state index in [-0.39, 0.29) is 30.5 Å². The van der Waals surface area contributed by atoms with E-state index in [1.54, 1.807) is 0 Å². The van der Waals surface area contributed by atoms with Crippen LogP contribution in [0.2, 0.25) is 0 Å². The summed E-state index contributed by atoms with van der Waals surface area (Å²) in [5.74, 6) is -1.34. The maximum atomic E-state index is 11.6. The molecular weight excluding hydrogens is 282 g/mol. The van der Waals surface area contributed by atoms with Gasteiger partial charge in [-0.25, -0.2) is 4.98 Å². The maximum Gasteiger partial charge on any atom is 0.305 e. The number of aliphatic carboxylic acids is 1. The number of nitrogens with zero attached hydrogens (tertiary/aromatic N) is 1. The second-order valence-corrected chi connectivity index (χ2v) is 5.44. The molecule has 0 aliphatic carbocycles. The number of hydrogen-bond acceptors (Lipinski definition) is 5. The zero-order chi connectivity index (χ0) is 15.1. The van der Waals surface area contributed by atoms with Crippen LogP contribution in [-0.2, 0) is 9.59 Å². The second-order valence-electron chi connectivity index (χ2n) is 4.58. The van der Waals surface area contributed by atoms with E-state index in [9.17, 15) is 14.4 Å². The normalized spacial score (nSPS) is 10.3. The molecule has 8 heteroatoms. The Balaban J connectivity index is 2.48. The van der Waals surface area contributed by atoms with Crippen molar-refractivity contribution in [1.82, 2.24) is 10.3 Å². The van der Waals surface area contributed by atoms with Crippen LogP contribution in [0, 0.1) is 5.92 Å². The Hall–Kier alpha value is -1.96. The predicted molar refractivity (Wildman–Crippen MR) is 74.8 cm³/mol. The van der Waals surface area contributed by atoms with Gasteiger partial charge in [-0.05, 0) is 5.92 Å². The maximum absolute atomic E-state index is 11.6. The molecule has 0 aliphatic rings. The number of carboxylic acid groups (broad SMARTS) is 1. The molecule has 0 atom stereocenters. The number of aromatic nitrogens is 1. The molecule has 0 saturated heterocycles. The van der Waals surface area contributed by atoms with Crippen LogP contribution in [0.25, 0.3) is 0 Å². The highest BCUT2D eigenvalue weighted by molar-refractivity contribution is 7.14. The van der Waals surface area contributed by atoms with Crippen LogP contribution in [0.1, 0.15) is 37.2 Å². The fraction of sp³-hybridized carbons (Fsp3) is 0.500. The summed E-state index contributed by atoms with van der Waals surface area (Å²) in [6.07, 6.45) is 0.244. The van der Waals surface area contributed by atoms with Crippen molar-refractivity contribution >= 4 is 34.3 Å². The van der Waals surface area contributed by atoms with Crippen LogP contribution in [-0.4, -0.2) is 34.4 Å². The van der Waals surface area contributed by atoms with Gasteiger partial charge in [0.2, 0.25) is 5.91 Å². The van der Waals surface area contributed by atoms with E-state index in [0.29, 0.717) is 11.6 Å². The highest BCUT2D eigenvalue weighted by Crippen LogP contribution is 2.16. The number of carbonyl (C=O) groups is 3. The van der Waals surface area contributed by atoms with Gasteiger partial charge in [0.25, 0.3) is 5.91 Å². The summed E-state index contributed by atoms with van der Waals surface area (Å²) < 4.78 is 0. The molecule has 0 fully saturated rings. The monoisotopic (exact) mass is 299 g/mol. The number of anilines is 1. The molecule has 0 unspecified atom stereocenters. The lowest BCUT2D eigenvalue weighted by Gasteiger charge is -2.03. The Kier molecular flexibility index (Phi) is 6.10. The lowest BCUT2D eigenvalue weighted by Crippen LogP contribution is -2.26. The molecule has 1 rings (SSSR count). The first-order chi connectivity index (χ1) is 9.38. The molecular formula is C12H17N3O4S. The van der Waals surface area contributed by atoms with Gasteiger partial charge >= 0.3 is 5.97 Å². The van der Waals surface area contributed by atoms with Crippen LogP contribution >= 0.6 is 11.3 Å². The SMILES string of the molecule is CC(C)CC(=O)Nc1nc(C(=O)NCCC(=O)O)cs1. The average Bonchev–Trinajstić information content (AvgIpc) is 2.75. The van der Waals surface area contributed by atoms with Crippen molar-refractivity contribution in [1.29, 1.82) is 0 Å². The minimum Gasteiger partial charge on any atom is -0.481 e. The minimum absolute atomic E-state index is 0.0424. The van der Waals surface area contributed by atoms with Crippen LogP contribution in [0.5, 0.6) is 0 Å². The van der Waals surface area contributed by atoms with Crippen LogP contribution in [0.15, 0.2) is 5.38 Å². The van der Waals surface area contributed by atoms with Crippen molar-refractivity contribution in [3.8, 4) is 0 Å². The zero-order valence-electron chi connectivity index (χ0n) is 11.3. The van der Waals surface area contributed by atoms with Gasteiger partial charge in [0.15, 0.2) is 5.13 Å². The van der Waals surface area contributed by atoms with E-state index >= 15 is 0 Å². The third-order valence-electron chi connectivity index (χ3n) is 2.20. The Morgan fingerprint density at radius 3 is 2.70 bits per heavy atom. The second kappa shape index (κ2) is 7.59. The standard InChI is InChI=1S/C12H17N3O4S/c1-7(2)5-9(16)15-12-14-8(6-20-12)11(19)13-4-3-10(17)18/h6-7H,3-5H2,1-2H3,(H,13,19)(H,17,18)(H,14,15,16).